The van der Waals surface area contributed by atoms with Crippen molar-refractivity contribution in [1.29, 1.82) is 0 Å². The minimum atomic E-state index is -0.478. The maximum Gasteiger partial charge on any atom is 0.272 e. The topological polar surface area (TPSA) is 95.5 Å². The zero-order chi connectivity index (χ0) is 21.3. The van der Waals surface area contributed by atoms with Crippen LogP contribution in [0, 0.1) is 6.92 Å². The standard InChI is InChI=1S/C21H25N5O4/c1-5-16-13(2)18(25(3)23-16)21(27)26-9-10-29-17(12-26)20-22-19(24-30-20)14-7-6-8-15(11-14)28-4/h6-8,11,17H,5,9-10,12H2,1-4H3/t17-/m0/s1. The SMILES string of the molecule is CCc1nn(C)c(C(=O)N2CCO[C@H](c3nc(-c4cccc(OC)c4)no3)C2)c1C. The van der Waals surface area contributed by atoms with E-state index >= 15 is 0 Å². The number of aryl methyl sites for hydroxylation is 2. The van der Waals surface area contributed by atoms with Crippen LogP contribution in [-0.2, 0) is 18.2 Å². The van der Waals surface area contributed by atoms with Crippen LogP contribution in [-0.4, -0.2) is 57.5 Å². The van der Waals surface area contributed by atoms with Crippen molar-refractivity contribution in [3.63, 3.8) is 0 Å². The Balaban J connectivity index is 1.53. The Hall–Kier alpha value is -3.20. The molecule has 0 radical (unpaired) electrons. The first kappa shape index (κ1) is 20.1. The smallest absolute Gasteiger partial charge is 0.272 e. The van der Waals surface area contributed by atoms with Crippen molar-refractivity contribution in [1.82, 2.24) is 24.8 Å². The van der Waals surface area contributed by atoms with E-state index in [0.29, 0.717) is 42.9 Å². The first-order chi connectivity index (χ1) is 14.5. The molecule has 2 aromatic heterocycles. The summed E-state index contributed by atoms with van der Waals surface area (Å²) in [6.45, 7) is 5.20. The fourth-order valence-electron chi connectivity index (χ4n) is 3.70. The first-order valence-corrected chi connectivity index (χ1v) is 9.93. The Morgan fingerprint density at radius 1 is 1.37 bits per heavy atom. The van der Waals surface area contributed by atoms with Crippen LogP contribution in [0.4, 0.5) is 0 Å². The van der Waals surface area contributed by atoms with Gasteiger partial charge in [0.15, 0.2) is 6.10 Å². The van der Waals surface area contributed by atoms with Crippen molar-refractivity contribution in [3.8, 4) is 17.1 Å². The molecular weight excluding hydrogens is 386 g/mol. The average molecular weight is 411 g/mol. The summed E-state index contributed by atoms with van der Waals surface area (Å²) in [5.74, 6) is 1.44. The van der Waals surface area contributed by atoms with Gasteiger partial charge >= 0.3 is 0 Å². The number of nitrogens with zero attached hydrogens (tertiary/aromatic N) is 5. The molecule has 3 aromatic rings. The molecule has 1 fully saturated rings. The van der Waals surface area contributed by atoms with E-state index in [9.17, 15) is 4.79 Å². The van der Waals surface area contributed by atoms with Gasteiger partial charge in [-0.3, -0.25) is 9.48 Å². The molecule has 30 heavy (non-hydrogen) atoms. The van der Waals surface area contributed by atoms with E-state index in [-0.39, 0.29) is 5.91 Å². The molecule has 0 spiro atoms. The number of ether oxygens (including phenoxy) is 2. The number of aromatic nitrogens is 4. The van der Waals surface area contributed by atoms with Gasteiger partial charge < -0.3 is 18.9 Å². The third kappa shape index (κ3) is 3.68. The third-order valence-electron chi connectivity index (χ3n) is 5.32. The van der Waals surface area contributed by atoms with E-state index in [1.165, 1.54) is 0 Å². The summed E-state index contributed by atoms with van der Waals surface area (Å²) >= 11 is 0. The molecule has 1 aromatic carbocycles. The monoisotopic (exact) mass is 411 g/mol. The molecular formula is C21H25N5O4. The molecule has 9 heteroatoms. The summed E-state index contributed by atoms with van der Waals surface area (Å²) in [7, 11) is 3.41. The molecule has 1 aliphatic heterocycles. The third-order valence-corrected chi connectivity index (χ3v) is 5.32. The Labute approximate surface area is 174 Å². The molecule has 0 bridgehead atoms. The van der Waals surface area contributed by atoms with Gasteiger partial charge in [-0.05, 0) is 25.5 Å². The van der Waals surface area contributed by atoms with Crippen LogP contribution >= 0.6 is 0 Å². The number of carbonyl (C=O) groups excluding carboxylic acids is 1. The molecule has 0 saturated carbocycles. The van der Waals surface area contributed by atoms with Crippen LogP contribution < -0.4 is 4.74 Å². The van der Waals surface area contributed by atoms with Gasteiger partial charge in [0.1, 0.15) is 11.4 Å². The van der Waals surface area contributed by atoms with E-state index < -0.39 is 6.10 Å². The highest BCUT2D eigenvalue weighted by Gasteiger charge is 2.32. The number of methoxy groups -OCH3 is 1. The van der Waals surface area contributed by atoms with Crippen LogP contribution in [0.3, 0.4) is 0 Å². The van der Waals surface area contributed by atoms with E-state index in [1.807, 2.05) is 38.1 Å². The Morgan fingerprint density at radius 3 is 2.93 bits per heavy atom. The Kier molecular flexibility index (Phi) is 5.54. The molecule has 9 nitrogen and oxygen atoms in total. The first-order valence-electron chi connectivity index (χ1n) is 9.93. The van der Waals surface area contributed by atoms with Crippen molar-refractivity contribution in [2.75, 3.05) is 26.8 Å². The number of rotatable bonds is 5. The van der Waals surface area contributed by atoms with Crippen molar-refractivity contribution in [2.24, 2.45) is 7.05 Å². The van der Waals surface area contributed by atoms with E-state index in [1.54, 1.807) is 23.7 Å². The van der Waals surface area contributed by atoms with Crippen LogP contribution in [0.15, 0.2) is 28.8 Å². The molecule has 4 rings (SSSR count). The highest BCUT2D eigenvalue weighted by Crippen LogP contribution is 2.27. The summed E-state index contributed by atoms with van der Waals surface area (Å²) in [5.41, 5.74) is 3.25. The van der Waals surface area contributed by atoms with E-state index in [0.717, 1.165) is 23.2 Å². The molecule has 1 amide bonds. The highest BCUT2D eigenvalue weighted by molar-refractivity contribution is 5.94. The maximum atomic E-state index is 13.2. The van der Waals surface area contributed by atoms with Gasteiger partial charge in [0.2, 0.25) is 5.82 Å². The van der Waals surface area contributed by atoms with Gasteiger partial charge in [0.05, 0.1) is 26.0 Å². The Bertz CT molecular complexity index is 1060. The molecule has 1 aliphatic rings. The summed E-state index contributed by atoms with van der Waals surface area (Å²) in [6.07, 6.45) is 0.307. The summed E-state index contributed by atoms with van der Waals surface area (Å²) in [4.78, 5) is 19.4. The number of morpholine rings is 1. The second kappa shape index (κ2) is 8.27. The lowest BCUT2D eigenvalue weighted by atomic mass is 10.1. The maximum absolute atomic E-state index is 13.2. The lowest BCUT2D eigenvalue weighted by Crippen LogP contribution is -2.43. The highest BCUT2D eigenvalue weighted by atomic mass is 16.5. The predicted molar refractivity (Wildman–Crippen MR) is 108 cm³/mol. The van der Waals surface area contributed by atoms with Gasteiger partial charge in [-0.1, -0.05) is 24.2 Å². The van der Waals surface area contributed by atoms with Crippen molar-refractivity contribution >= 4 is 5.91 Å². The summed E-state index contributed by atoms with van der Waals surface area (Å²) in [5, 5.41) is 8.53. The molecule has 0 N–H and O–H groups in total. The number of hydrogen-bond donors (Lipinski definition) is 0. The van der Waals surface area contributed by atoms with Crippen molar-refractivity contribution in [2.45, 2.75) is 26.4 Å². The predicted octanol–water partition coefficient (Wildman–Crippen LogP) is 2.56. The fraction of sp³-hybridized carbons (Fsp3) is 0.429. The van der Waals surface area contributed by atoms with Crippen LogP contribution in [0.1, 0.15) is 40.7 Å². The minimum absolute atomic E-state index is 0.0666. The van der Waals surface area contributed by atoms with Crippen molar-refractivity contribution in [3.05, 3.63) is 47.1 Å². The molecule has 0 aliphatic carbocycles. The fourth-order valence-corrected chi connectivity index (χ4v) is 3.70. The molecule has 1 atom stereocenters. The van der Waals surface area contributed by atoms with Crippen LogP contribution in [0.5, 0.6) is 5.75 Å². The lowest BCUT2D eigenvalue weighted by Gasteiger charge is -2.31. The molecule has 1 saturated heterocycles. The van der Waals surface area contributed by atoms with Crippen LogP contribution in [0.2, 0.25) is 0 Å². The van der Waals surface area contributed by atoms with Gasteiger partial charge in [-0.25, -0.2) is 0 Å². The zero-order valence-corrected chi connectivity index (χ0v) is 17.6. The minimum Gasteiger partial charge on any atom is -0.497 e. The molecule has 158 valence electrons. The Morgan fingerprint density at radius 2 is 2.20 bits per heavy atom. The largest absolute Gasteiger partial charge is 0.497 e. The summed E-state index contributed by atoms with van der Waals surface area (Å²) in [6, 6.07) is 7.43. The lowest BCUT2D eigenvalue weighted by molar-refractivity contribution is -0.0370. The number of hydrogen-bond acceptors (Lipinski definition) is 7. The summed E-state index contributed by atoms with van der Waals surface area (Å²) < 4.78 is 18.2. The van der Waals surface area contributed by atoms with Gasteiger partial charge in [-0.2, -0.15) is 10.1 Å². The normalized spacial score (nSPS) is 16.7. The second-order valence-corrected chi connectivity index (χ2v) is 7.20. The van der Waals surface area contributed by atoms with E-state index in [2.05, 4.69) is 15.2 Å². The number of carbonyl (C=O) groups is 1. The van der Waals surface area contributed by atoms with Gasteiger partial charge in [0, 0.05) is 24.7 Å². The van der Waals surface area contributed by atoms with Crippen LogP contribution in [0.25, 0.3) is 11.4 Å². The number of amides is 1. The molecule has 0 unspecified atom stereocenters. The van der Waals surface area contributed by atoms with Gasteiger partial charge in [0.25, 0.3) is 11.8 Å². The van der Waals surface area contributed by atoms with E-state index in [4.69, 9.17) is 14.0 Å². The number of benzene rings is 1. The van der Waals surface area contributed by atoms with Gasteiger partial charge in [-0.15, -0.1) is 0 Å². The average Bonchev–Trinajstić information content (AvgIpc) is 3.38. The zero-order valence-electron chi connectivity index (χ0n) is 17.6. The quantitative estimate of drug-likeness (QED) is 0.637. The molecule has 3 heterocycles. The van der Waals surface area contributed by atoms with Crippen molar-refractivity contribution < 1.29 is 18.8 Å². The second-order valence-electron chi connectivity index (χ2n) is 7.20.